The average Bonchev–Trinajstić information content (AvgIpc) is 3.34. The lowest BCUT2D eigenvalue weighted by molar-refractivity contribution is -0.127. The smallest absolute Gasteiger partial charge is 0.254 e. The number of piperazine rings is 1. The Morgan fingerprint density at radius 3 is 2.52 bits per heavy atom. The van der Waals surface area contributed by atoms with Gasteiger partial charge in [0.05, 0.1) is 6.61 Å². The minimum absolute atomic E-state index is 0.102. The van der Waals surface area contributed by atoms with Crippen LogP contribution in [0.1, 0.15) is 28.4 Å². The molecule has 31 heavy (non-hydrogen) atoms. The lowest BCUT2D eigenvalue weighted by atomic mass is 9.99. The second kappa shape index (κ2) is 9.90. The largest absolute Gasteiger partial charge is 0.377 e. The first-order valence-corrected chi connectivity index (χ1v) is 11.4. The normalized spacial score (nSPS) is 16.2. The molecule has 1 aliphatic rings. The average molecular weight is 435 g/mol. The Bertz CT molecular complexity index is 1010. The van der Waals surface area contributed by atoms with Gasteiger partial charge in [-0.05, 0) is 47.2 Å². The molecule has 2 heterocycles. The maximum atomic E-state index is 13.2. The molecule has 4 rings (SSSR count). The molecule has 1 aliphatic heterocycles. The molecule has 3 aromatic rings. The van der Waals surface area contributed by atoms with Gasteiger partial charge in [0.2, 0.25) is 5.91 Å². The van der Waals surface area contributed by atoms with Crippen molar-refractivity contribution in [2.24, 2.45) is 0 Å². The zero-order valence-corrected chi connectivity index (χ0v) is 18.4. The molecule has 2 amide bonds. The molecule has 5 nitrogen and oxygen atoms in total. The number of carbonyl (C=O) groups excluding carboxylic acids is 2. The van der Waals surface area contributed by atoms with E-state index in [1.165, 1.54) is 4.88 Å². The summed E-state index contributed by atoms with van der Waals surface area (Å²) in [7, 11) is 0. The monoisotopic (exact) mass is 434 g/mol. The van der Waals surface area contributed by atoms with Crippen LogP contribution in [0.5, 0.6) is 0 Å². The molecule has 0 aliphatic carbocycles. The van der Waals surface area contributed by atoms with Gasteiger partial charge >= 0.3 is 0 Å². The summed E-state index contributed by atoms with van der Waals surface area (Å²) in [6, 6.07) is 19.3. The fraction of sp³-hybridized carbons (Fsp3) is 0.280. The van der Waals surface area contributed by atoms with E-state index in [2.05, 4.69) is 28.9 Å². The Morgan fingerprint density at radius 2 is 1.84 bits per heavy atom. The first-order valence-electron chi connectivity index (χ1n) is 10.5. The van der Waals surface area contributed by atoms with E-state index in [0.29, 0.717) is 38.3 Å². The highest BCUT2D eigenvalue weighted by Crippen LogP contribution is 2.25. The van der Waals surface area contributed by atoms with Crippen LogP contribution >= 0.6 is 11.3 Å². The summed E-state index contributed by atoms with van der Waals surface area (Å²) in [6.07, 6.45) is 0.491. The molecule has 0 saturated carbocycles. The lowest BCUT2D eigenvalue weighted by Gasteiger charge is -2.35. The number of thiophene rings is 1. The van der Waals surface area contributed by atoms with E-state index in [4.69, 9.17) is 4.74 Å². The van der Waals surface area contributed by atoms with Crippen LogP contribution in [0.4, 0.5) is 0 Å². The summed E-state index contributed by atoms with van der Waals surface area (Å²) in [5.74, 6) is -0.215. The molecule has 1 atom stereocenters. The highest BCUT2D eigenvalue weighted by Gasteiger charge is 2.33. The first kappa shape index (κ1) is 21.3. The first-order chi connectivity index (χ1) is 15.2. The predicted molar refractivity (Wildman–Crippen MR) is 123 cm³/mol. The van der Waals surface area contributed by atoms with Crippen molar-refractivity contribution in [2.75, 3.05) is 19.7 Å². The molecule has 1 fully saturated rings. The van der Waals surface area contributed by atoms with Crippen molar-refractivity contribution in [3.8, 4) is 10.4 Å². The van der Waals surface area contributed by atoms with Crippen LogP contribution in [0.3, 0.4) is 0 Å². The van der Waals surface area contributed by atoms with Gasteiger partial charge in [0, 0.05) is 36.6 Å². The number of benzene rings is 2. The van der Waals surface area contributed by atoms with Gasteiger partial charge in [-0.25, -0.2) is 0 Å². The van der Waals surface area contributed by atoms with Gasteiger partial charge in [-0.15, -0.1) is 11.3 Å². The molecule has 1 N–H and O–H groups in total. The summed E-state index contributed by atoms with van der Waals surface area (Å²) >= 11 is 1.70. The number of hydrogen-bond donors (Lipinski definition) is 1. The Labute approximate surface area is 186 Å². The van der Waals surface area contributed by atoms with E-state index < -0.39 is 6.04 Å². The van der Waals surface area contributed by atoms with E-state index in [-0.39, 0.29) is 11.8 Å². The Kier molecular flexibility index (Phi) is 6.79. The molecule has 0 unspecified atom stereocenters. The number of ether oxygens (including phenoxy) is 1. The van der Waals surface area contributed by atoms with Gasteiger partial charge in [-0.2, -0.15) is 0 Å². The van der Waals surface area contributed by atoms with Crippen LogP contribution in [-0.2, 0) is 22.6 Å². The molecule has 0 bridgehead atoms. The topological polar surface area (TPSA) is 58.6 Å². The number of nitrogens with zero attached hydrogens (tertiary/aromatic N) is 1. The van der Waals surface area contributed by atoms with Crippen LogP contribution in [0.2, 0.25) is 0 Å². The minimum Gasteiger partial charge on any atom is -0.377 e. The molecule has 1 aromatic heterocycles. The van der Waals surface area contributed by atoms with Crippen LogP contribution in [0, 0.1) is 0 Å². The standard InChI is InChI=1S/C25H26N2O3S/c1-2-30-17-19-7-11-21(12-8-19)25(29)27-14-13-26-24(28)22(27)16-18-5-9-20(10-6-18)23-4-3-15-31-23/h3-12,15,22H,2,13-14,16-17H2,1H3,(H,26,28)/t22-/m1/s1. The highest BCUT2D eigenvalue weighted by molar-refractivity contribution is 7.13. The molecular formula is C25H26N2O3S. The summed E-state index contributed by atoms with van der Waals surface area (Å²) < 4.78 is 5.42. The van der Waals surface area contributed by atoms with Crippen molar-refractivity contribution in [1.29, 1.82) is 0 Å². The summed E-state index contributed by atoms with van der Waals surface area (Å²) in [5.41, 5.74) is 3.81. The van der Waals surface area contributed by atoms with Gasteiger partial charge in [-0.3, -0.25) is 9.59 Å². The third kappa shape index (κ3) is 5.03. The van der Waals surface area contributed by atoms with Crippen LogP contribution in [0.15, 0.2) is 66.0 Å². The fourth-order valence-corrected chi connectivity index (χ4v) is 4.49. The van der Waals surface area contributed by atoms with Crippen molar-refractivity contribution in [3.63, 3.8) is 0 Å². The van der Waals surface area contributed by atoms with Crippen LogP contribution in [0.25, 0.3) is 10.4 Å². The van der Waals surface area contributed by atoms with Crippen LogP contribution in [-0.4, -0.2) is 42.5 Å². The van der Waals surface area contributed by atoms with Crippen molar-refractivity contribution in [2.45, 2.75) is 26.0 Å². The van der Waals surface area contributed by atoms with Crippen LogP contribution < -0.4 is 5.32 Å². The molecule has 160 valence electrons. The maximum Gasteiger partial charge on any atom is 0.254 e. The van der Waals surface area contributed by atoms with Crippen molar-refractivity contribution in [1.82, 2.24) is 10.2 Å². The molecule has 0 radical (unpaired) electrons. The summed E-state index contributed by atoms with van der Waals surface area (Å²) in [6.45, 7) is 4.11. The molecule has 2 aromatic carbocycles. The third-order valence-electron chi connectivity index (χ3n) is 5.45. The summed E-state index contributed by atoms with van der Waals surface area (Å²) in [4.78, 5) is 28.8. The second-order valence-electron chi connectivity index (χ2n) is 7.52. The SMILES string of the molecule is CCOCc1ccc(C(=O)N2CCNC(=O)[C@H]2Cc2ccc(-c3cccs3)cc2)cc1. The van der Waals surface area contributed by atoms with Gasteiger partial charge in [0.25, 0.3) is 5.91 Å². The quantitative estimate of drug-likeness (QED) is 0.608. The van der Waals surface area contributed by atoms with E-state index in [0.717, 1.165) is 16.7 Å². The number of hydrogen-bond acceptors (Lipinski definition) is 4. The second-order valence-corrected chi connectivity index (χ2v) is 8.47. The number of rotatable bonds is 7. The molecule has 0 spiro atoms. The predicted octanol–water partition coefficient (Wildman–Crippen LogP) is 4.13. The van der Waals surface area contributed by atoms with E-state index in [9.17, 15) is 9.59 Å². The van der Waals surface area contributed by atoms with E-state index in [1.807, 2.05) is 49.4 Å². The Hall–Kier alpha value is -2.96. The van der Waals surface area contributed by atoms with Gasteiger partial charge in [-0.1, -0.05) is 42.5 Å². The number of carbonyl (C=O) groups is 2. The number of nitrogens with one attached hydrogen (secondary N) is 1. The van der Waals surface area contributed by atoms with Crippen molar-refractivity contribution in [3.05, 3.63) is 82.7 Å². The Balaban J connectivity index is 1.49. The maximum absolute atomic E-state index is 13.2. The summed E-state index contributed by atoms with van der Waals surface area (Å²) in [5, 5.41) is 4.97. The zero-order valence-electron chi connectivity index (χ0n) is 17.5. The van der Waals surface area contributed by atoms with E-state index >= 15 is 0 Å². The van der Waals surface area contributed by atoms with Gasteiger partial charge < -0.3 is 15.0 Å². The van der Waals surface area contributed by atoms with Crippen molar-refractivity contribution < 1.29 is 14.3 Å². The Morgan fingerprint density at radius 1 is 1.10 bits per heavy atom. The van der Waals surface area contributed by atoms with Crippen molar-refractivity contribution >= 4 is 23.2 Å². The fourth-order valence-electron chi connectivity index (χ4n) is 3.76. The minimum atomic E-state index is -0.517. The van der Waals surface area contributed by atoms with E-state index in [1.54, 1.807) is 16.2 Å². The highest BCUT2D eigenvalue weighted by atomic mass is 32.1. The molecule has 6 heteroatoms. The van der Waals surface area contributed by atoms with Gasteiger partial charge in [0.15, 0.2) is 0 Å². The number of amides is 2. The zero-order chi connectivity index (χ0) is 21.6. The molecule has 1 saturated heterocycles. The third-order valence-corrected chi connectivity index (χ3v) is 6.37. The van der Waals surface area contributed by atoms with Gasteiger partial charge in [0.1, 0.15) is 6.04 Å². The molecular weight excluding hydrogens is 408 g/mol. The lowest BCUT2D eigenvalue weighted by Crippen LogP contribution is -2.58.